The molecular formula is C26H39NO7S. The van der Waals surface area contributed by atoms with Gasteiger partial charge in [-0.1, -0.05) is 59.2 Å². The van der Waals surface area contributed by atoms with Crippen LogP contribution >= 0.6 is 11.8 Å². The number of benzene rings is 1. The first kappa shape index (κ1) is 29.1. The second-order valence-corrected chi connectivity index (χ2v) is 11.8. The molecule has 8 nitrogen and oxygen atoms in total. The first-order valence-electron chi connectivity index (χ1n) is 12.2. The minimum Gasteiger partial charge on any atom is -0.481 e. The Balaban J connectivity index is 2.94. The third kappa shape index (κ3) is 5.07. The van der Waals surface area contributed by atoms with Crippen molar-refractivity contribution in [3.8, 4) is 0 Å². The van der Waals surface area contributed by atoms with Gasteiger partial charge in [-0.15, -0.1) is 11.8 Å². The number of hydrogen-bond donors (Lipinski definition) is 2. The maximum Gasteiger partial charge on any atom is 0.319 e. The van der Waals surface area contributed by atoms with Crippen LogP contribution in [0.4, 0.5) is 0 Å². The molecule has 1 aromatic rings. The molecule has 0 aliphatic heterocycles. The molecule has 0 heterocycles. The van der Waals surface area contributed by atoms with E-state index in [1.165, 1.54) is 11.8 Å². The monoisotopic (exact) mass is 509 g/mol. The predicted octanol–water partition coefficient (Wildman–Crippen LogP) is 5.68. The van der Waals surface area contributed by atoms with Crippen LogP contribution in [0, 0.1) is 33.3 Å². The van der Waals surface area contributed by atoms with Gasteiger partial charge >= 0.3 is 11.9 Å². The topological polar surface area (TPSA) is 127 Å². The van der Waals surface area contributed by atoms with Crippen molar-refractivity contribution in [1.82, 2.24) is 0 Å². The zero-order chi connectivity index (χ0) is 26.8. The van der Waals surface area contributed by atoms with Crippen LogP contribution in [0.25, 0.3) is 0 Å². The Bertz CT molecular complexity index is 925. The van der Waals surface area contributed by atoms with E-state index in [0.29, 0.717) is 12.8 Å². The number of ether oxygens (including phenoxy) is 1. The Morgan fingerprint density at radius 1 is 1.14 bits per heavy atom. The molecule has 0 saturated heterocycles. The lowest BCUT2D eigenvalue weighted by atomic mass is 9.50. The van der Waals surface area contributed by atoms with Gasteiger partial charge in [0.15, 0.2) is 5.41 Å². The van der Waals surface area contributed by atoms with Crippen molar-refractivity contribution in [2.75, 3.05) is 0 Å². The highest BCUT2D eigenvalue weighted by Crippen LogP contribution is 2.61. The Kier molecular flexibility index (Phi) is 9.03. The van der Waals surface area contributed by atoms with Crippen LogP contribution in [-0.4, -0.2) is 50.6 Å². The highest BCUT2D eigenvalue weighted by atomic mass is 32.2. The van der Waals surface area contributed by atoms with E-state index in [1.54, 1.807) is 27.7 Å². The molecule has 1 saturated carbocycles. The van der Waals surface area contributed by atoms with Gasteiger partial charge in [0.1, 0.15) is 0 Å². The number of nitro groups is 1. The number of thioether (sulfide) groups is 1. The molecule has 35 heavy (non-hydrogen) atoms. The van der Waals surface area contributed by atoms with E-state index >= 15 is 0 Å². The van der Waals surface area contributed by atoms with Gasteiger partial charge < -0.3 is 14.9 Å². The number of carboxylic acid groups (broad SMARTS) is 2. The van der Waals surface area contributed by atoms with Crippen LogP contribution in [0.1, 0.15) is 72.8 Å². The number of carbonyl (C=O) groups is 2. The summed E-state index contributed by atoms with van der Waals surface area (Å²) in [6, 6.07) is 5.92. The van der Waals surface area contributed by atoms with Crippen molar-refractivity contribution < 1.29 is 29.5 Å². The summed E-state index contributed by atoms with van der Waals surface area (Å²) in [5.41, 5.74) is -3.56. The van der Waals surface area contributed by atoms with Crippen molar-refractivity contribution in [3.05, 3.63) is 39.9 Å². The molecule has 2 rings (SSSR count). The van der Waals surface area contributed by atoms with Crippen LogP contribution in [0.3, 0.4) is 0 Å². The summed E-state index contributed by atoms with van der Waals surface area (Å²) in [5.74, 6) is -2.49. The fourth-order valence-corrected chi connectivity index (χ4v) is 7.18. The molecule has 0 bridgehead atoms. The van der Waals surface area contributed by atoms with E-state index in [-0.39, 0.29) is 18.9 Å². The zero-order valence-electron chi connectivity index (χ0n) is 21.7. The number of hydrogen-bond acceptors (Lipinski definition) is 6. The largest absolute Gasteiger partial charge is 0.481 e. The van der Waals surface area contributed by atoms with Crippen molar-refractivity contribution in [2.45, 2.75) is 103 Å². The molecule has 2 N–H and O–H groups in total. The summed E-state index contributed by atoms with van der Waals surface area (Å²) in [4.78, 5) is 38.8. The lowest BCUT2D eigenvalue weighted by molar-refractivity contribution is -0.556. The van der Waals surface area contributed by atoms with Gasteiger partial charge in [0.05, 0.1) is 22.9 Å². The minimum atomic E-state index is -1.95. The fourth-order valence-electron chi connectivity index (χ4n) is 5.60. The molecule has 0 aromatic heterocycles. The lowest BCUT2D eigenvalue weighted by Crippen LogP contribution is -2.72. The molecule has 1 aliphatic carbocycles. The van der Waals surface area contributed by atoms with E-state index in [9.17, 15) is 29.9 Å². The average Bonchev–Trinajstić information content (AvgIpc) is 2.77. The summed E-state index contributed by atoms with van der Waals surface area (Å²) < 4.78 is 6.52. The standard InChI is InChI=1S/C26H39NO7S/c1-8-17(9-2)34-20-21(35-18-13-11-16(4)12-14-18)25(10-3,22(28)29)15-19(27(32)33)26(20,23(30)31)24(5,6)7/h11-14,17,19-21H,8-10,15H2,1-7H3,(H,28,29)(H,30,31)/t19-,20+,21-,25+,26-/m0/s1. The highest BCUT2D eigenvalue weighted by molar-refractivity contribution is 8.00. The third-order valence-electron chi connectivity index (χ3n) is 7.79. The van der Waals surface area contributed by atoms with Crippen LogP contribution in [0.15, 0.2) is 29.2 Å². The van der Waals surface area contributed by atoms with Crippen LogP contribution in [0.5, 0.6) is 0 Å². The summed E-state index contributed by atoms with van der Waals surface area (Å²) in [7, 11) is 0. The van der Waals surface area contributed by atoms with Crippen LogP contribution in [-0.2, 0) is 14.3 Å². The molecule has 5 atom stereocenters. The van der Waals surface area contributed by atoms with E-state index in [4.69, 9.17) is 4.74 Å². The molecule has 0 radical (unpaired) electrons. The average molecular weight is 510 g/mol. The van der Waals surface area contributed by atoms with Crippen LogP contribution < -0.4 is 0 Å². The molecule has 1 fully saturated rings. The molecular weight excluding hydrogens is 470 g/mol. The Morgan fingerprint density at radius 3 is 2.06 bits per heavy atom. The SMILES string of the molecule is CCC(CC)O[C@@H]1[C@H](Sc2ccc(C)cc2)[C@](CC)(C(=O)O)C[C@H]([N+](=O)[O-])[C@]1(C(=O)O)C(C)(C)C. The number of carboxylic acids is 2. The Labute approximate surface area is 212 Å². The maximum absolute atomic E-state index is 13.2. The van der Waals surface area contributed by atoms with E-state index < -0.39 is 50.5 Å². The lowest BCUT2D eigenvalue weighted by Gasteiger charge is -2.57. The third-order valence-corrected chi connectivity index (χ3v) is 9.29. The van der Waals surface area contributed by atoms with Gasteiger partial charge in [-0.3, -0.25) is 19.7 Å². The fraction of sp³-hybridized carbons (Fsp3) is 0.692. The molecule has 9 heteroatoms. The molecule has 196 valence electrons. The molecule has 0 unspecified atom stereocenters. The summed E-state index contributed by atoms with van der Waals surface area (Å²) in [6.07, 6.45) is -0.707. The highest BCUT2D eigenvalue weighted by Gasteiger charge is 2.75. The van der Waals surface area contributed by atoms with Gasteiger partial charge in [0, 0.05) is 16.2 Å². The molecule has 0 amide bonds. The van der Waals surface area contributed by atoms with E-state index in [1.807, 2.05) is 45.0 Å². The second-order valence-electron chi connectivity index (χ2n) is 10.6. The quantitative estimate of drug-likeness (QED) is 0.305. The van der Waals surface area contributed by atoms with Crippen LogP contribution in [0.2, 0.25) is 0 Å². The predicted molar refractivity (Wildman–Crippen MR) is 135 cm³/mol. The molecule has 1 aliphatic rings. The van der Waals surface area contributed by atoms with Gasteiger partial charge in [-0.2, -0.15) is 0 Å². The normalized spacial score (nSPS) is 29.2. The maximum atomic E-state index is 13.2. The minimum absolute atomic E-state index is 0.110. The smallest absolute Gasteiger partial charge is 0.319 e. The van der Waals surface area contributed by atoms with Crippen molar-refractivity contribution in [2.24, 2.45) is 16.2 Å². The zero-order valence-corrected chi connectivity index (χ0v) is 22.6. The first-order valence-corrected chi connectivity index (χ1v) is 13.1. The molecule has 1 aromatic carbocycles. The van der Waals surface area contributed by atoms with Crippen molar-refractivity contribution >= 4 is 23.7 Å². The summed E-state index contributed by atoms with van der Waals surface area (Å²) in [6.45, 7) is 12.5. The number of aliphatic carboxylic acids is 2. The summed E-state index contributed by atoms with van der Waals surface area (Å²) >= 11 is 1.26. The number of rotatable bonds is 10. The Morgan fingerprint density at radius 2 is 1.69 bits per heavy atom. The van der Waals surface area contributed by atoms with E-state index in [0.717, 1.165) is 10.5 Å². The van der Waals surface area contributed by atoms with Gasteiger partial charge in [-0.25, -0.2) is 0 Å². The van der Waals surface area contributed by atoms with E-state index in [2.05, 4.69) is 0 Å². The van der Waals surface area contributed by atoms with Gasteiger partial charge in [-0.05, 0) is 43.7 Å². The Hall–Kier alpha value is -2.13. The number of aryl methyl sites for hydroxylation is 1. The van der Waals surface area contributed by atoms with Gasteiger partial charge in [0.2, 0.25) is 6.04 Å². The second kappa shape index (κ2) is 10.9. The van der Waals surface area contributed by atoms with Crippen molar-refractivity contribution in [1.29, 1.82) is 0 Å². The molecule has 0 spiro atoms. The number of nitrogens with zero attached hydrogens (tertiary/aromatic N) is 1. The van der Waals surface area contributed by atoms with Gasteiger partial charge in [0.25, 0.3) is 0 Å². The first-order chi connectivity index (χ1) is 16.2. The summed E-state index contributed by atoms with van der Waals surface area (Å²) in [5, 5.41) is 32.9. The van der Waals surface area contributed by atoms with Crippen molar-refractivity contribution in [3.63, 3.8) is 0 Å².